The van der Waals surface area contributed by atoms with E-state index in [9.17, 15) is 9.59 Å². The fourth-order valence-electron chi connectivity index (χ4n) is 3.87. The van der Waals surface area contributed by atoms with Crippen LogP contribution in [0.5, 0.6) is 0 Å². The van der Waals surface area contributed by atoms with E-state index >= 15 is 0 Å². The molecule has 1 atom stereocenters. The van der Waals surface area contributed by atoms with E-state index in [4.69, 9.17) is 4.98 Å². The van der Waals surface area contributed by atoms with Crippen molar-refractivity contribution in [3.05, 3.63) is 50.7 Å². The molecule has 2 aromatic heterocycles. The zero-order valence-corrected chi connectivity index (χ0v) is 16.3. The molecule has 0 fully saturated rings. The Kier molecular flexibility index (Phi) is 4.17. The molecule has 0 bridgehead atoms. The first-order valence-corrected chi connectivity index (χ1v) is 9.46. The van der Waals surface area contributed by atoms with Crippen molar-refractivity contribution in [2.45, 2.75) is 40.3 Å². The van der Waals surface area contributed by atoms with E-state index in [1.165, 1.54) is 14.7 Å². The van der Waals surface area contributed by atoms with E-state index in [1.54, 1.807) is 7.05 Å². The lowest BCUT2D eigenvalue weighted by molar-refractivity contribution is 0.457. The molecular weight excluding hydrogens is 342 g/mol. The minimum Gasteiger partial charge on any atom is -0.312 e. The maximum Gasteiger partial charge on any atom is 0.332 e. The van der Waals surface area contributed by atoms with Crippen LogP contribution in [0.3, 0.4) is 0 Å². The number of anilines is 2. The summed E-state index contributed by atoms with van der Waals surface area (Å²) < 4.78 is 4.81. The van der Waals surface area contributed by atoms with Crippen LogP contribution in [0.1, 0.15) is 25.8 Å². The van der Waals surface area contributed by atoms with Crippen LogP contribution in [0.2, 0.25) is 0 Å². The number of aryl methyl sites for hydroxylation is 2. The molecule has 3 aromatic rings. The van der Waals surface area contributed by atoms with Crippen molar-refractivity contribution < 1.29 is 0 Å². The van der Waals surface area contributed by atoms with Crippen LogP contribution in [0.15, 0.2) is 33.9 Å². The average molecular weight is 367 g/mol. The molecule has 1 aromatic carbocycles. The Hall–Kier alpha value is -2.83. The summed E-state index contributed by atoms with van der Waals surface area (Å²) in [7, 11) is 1.69. The molecule has 0 aliphatic carbocycles. The summed E-state index contributed by atoms with van der Waals surface area (Å²) in [6.07, 6.45) is 0.730. The molecule has 0 N–H and O–H groups in total. The van der Waals surface area contributed by atoms with Crippen LogP contribution in [-0.2, 0) is 20.1 Å². The van der Waals surface area contributed by atoms with Gasteiger partial charge in [0.2, 0.25) is 5.95 Å². The van der Waals surface area contributed by atoms with E-state index in [1.807, 2.05) is 11.5 Å². The van der Waals surface area contributed by atoms with Gasteiger partial charge in [0.25, 0.3) is 5.56 Å². The van der Waals surface area contributed by atoms with Gasteiger partial charge in [-0.2, -0.15) is 4.98 Å². The number of aromatic nitrogens is 4. The summed E-state index contributed by atoms with van der Waals surface area (Å²) in [6, 6.07) is 8.30. The minimum atomic E-state index is -0.306. The molecule has 4 rings (SSSR count). The second-order valence-corrected chi connectivity index (χ2v) is 7.54. The highest BCUT2D eigenvalue weighted by Crippen LogP contribution is 2.32. The number of hydrogen-bond donors (Lipinski definition) is 0. The molecule has 27 heavy (non-hydrogen) atoms. The third kappa shape index (κ3) is 2.69. The average Bonchev–Trinajstić information content (AvgIpc) is 3.03. The summed E-state index contributed by atoms with van der Waals surface area (Å²) in [6.45, 7) is 8.14. The van der Waals surface area contributed by atoms with Crippen LogP contribution in [0.4, 0.5) is 11.6 Å². The summed E-state index contributed by atoms with van der Waals surface area (Å²) >= 11 is 0. The second kappa shape index (κ2) is 6.40. The van der Waals surface area contributed by atoms with Crippen LogP contribution in [-0.4, -0.2) is 25.2 Å². The number of imidazole rings is 1. The van der Waals surface area contributed by atoms with Gasteiger partial charge in [-0.3, -0.25) is 13.9 Å². The van der Waals surface area contributed by atoms with Crippen LogP contribution < -0.4 is 16.1 Å². The lowest BCUT2D eigenvalue weighted by Crippen LogP contribution is -2.40. The largest absolute Gasteiger partial charge is 0.332 e. The molecule has 3 heterocycles. The van der Waals surface area contributed by atoms with Crippen molar-refractivity contribution in [3.63, 3.8) is 0 Å². The highest BCUT2D eigenvalue weighted by Gasteiger charge is 2.29. The van der Waals surface area contributed by atoms with Gasteiger partial charge in [0.15, 0.2) is 11.2 Å². The Balaban J connectivity index is 2.00. The molecule has 0 spiro atoms. The monoisotopic (exact) mass is 367 g/mol. The van der Waals surface area contributed by atoms with Gasteiger partial charge in [-0.15, -0.1) is 0 Å². The highest BCUT2D eigenvalue weighted by molar-refractivity contribution is 5.77. The molecule has 142 valence electrons. The van der Waals surface area contributed by atoms with E-state index in [0.29, 0.717) is 30.2 Å². The van der Waals surface area contributed by atoms with E-state index in [0.717, 1.165) is 24.6 Å². The van der Waals surface area contributed by atoms with Crippen LogP contribution >= 0.6 is 0 Å². The number of hydrogen-bond acceptors (Lipinski definition) is 4. The van der Waals surface area contributed by atoms with Gasteiger partial charge in [-0.05, 0) is 31.4 Å². The quantitative estimate of drug-likeness (QED) is 0.713. The maximum atomic E-state index is 13.1. The smallest absolute Gasteiger partial charge is 0.312 e. The summed E-state index contributed by atoms with van der Waals surface area (Å²) in [4.78, 5) is 32.6. The van der Waals surface area contributed by atoms with Gasteiger partial charge in [0.1, 0.15) is 0 Å². The molecule has 1 aliphatic heterocycles. The van der Waals surface area contributed by atoms with Crippen molar-refractivity contribution in [1.82, 2.24) is 18.7 Å². The number of benzene rings is 1. The topological polar surface area (TPSA) is 65.1 Å². The summed E-state index contributed by atoms with van der Waals surface area (Å²) in [5.41, 5.74) is 2.67. The van der Waals surface area contributed by atoms with Crippen molar-refractivity contribution in [1.29, 1.82) is 0 Å². The van der Waals surface area contributed by atoms with E-state index < -0.39 is 0 Å². The number of nitrogens with zero attached hydrogens (tertiary/aromatic N) is 5. The molecule has 0 radical (unpaired) electrons. The standard InChI is InChI=1S/C20H25N5O2/c1-5-10-23-18(26)16-17(22(4)20(23)27)21-19-24(11-14(3)12-25(16)19)15-8-6-13(2)7-9-15/h6-9,14H,5,10-12H2,1-4H3/t14-/m1/s1. The first-order chi connectivity index (χ1) is 12.9. The predicted molar refractivity (Wildman–Crippen MR) is 107 cm³/mol. The van der Waals surface area contributed by atoms with Gasteiger partial charge >= 0.3 is 5.69 Å². The van der Waals surface area contributed by atoms with Crippen molar-refractivity contribution in [3.8, 4) is 0 Å². The maximum absolute atomic E-state index is 13.1. The Bertz CT molecular complexity index is 1120. The summed E-state index contributed by atoms with van der Waals surface area (Å²) in [5, 5.41) is 0. The Morgan fingerprint density at radius 3 is 2.52 bits per heavy atom. The zero-order chi connectivity index (χ0) is 19.3. The van der Waals surface area contributed by atoms with Crippen molar-refractivity contribution in [2.75, 3.05) is 11.4 Å². The van der Waals surface area contributed by atoms with E-state index in [2.05, 4.69) is 43.0 Å². The molecular formula is C20H25N5O2. The van der Waals surface area contributed by atoms with Gasteiger partial charge in [-0.1, -0.05) is 31.5 Å². The lowest BCUT2D eigenvalue weighted by Gasteiger charge is -2.33. The van der Waals surface area contributed by atoms with Crippen molar-refractivity contribution >= 4 is 22.8 Å². The SMILES string of the molecule is CCCn1c(=O)c2c(nc3n2C[C@H](C)CN3c2ccc(C)cc2)n(C)c1=O. The Labute approximate surface area is 157 Å². The van der Waals surface area contributed by atoms with Gasteiger partial charge in [0.05, 0.1) is 0 Å². The third-order valence-corrected chi connectivity index (χ3v) is 5.24. The highest BCUT2D eigenvalue weighted by atomic mass is 16.2. The molecule has 7 nitrogen and oxygen atoms in total. The van der Waals surface area contributed by atoms with Crippen LogP contribution in [0, 0.1) is 12.8 Å². The molecule has 0 saturated heterocycles. The Morgan fingerprint density at radius 1 is 1.15 bits per heavy atom. The normalized spacial score (nSPS) is 16.7. The molecule has 0 saturated carbocycles. The first-order valence-electron chi connectivity index (χ1n) is 9.46. The van der Waals surface area contributed by atoms with Crippen molar-refractivity contribution in [2.24, 2.45) is 13.0 Å². The third-order valence-electron chi connectivity index (χ3n) is 5.24. The Morgan fingerprint density at radius 2 is 1.85 bits per heavy atom. The molecule has 1 aliphatic rings. The minimum absolute atomic E-state index is 0.244. The molecule has 7 heteroatoms. The molecule has 0 amide bonds. The van der Waals surface area contributed by atoms with Gasteiger partial charge in [0, 0.05) is 32.4 Å². The first kappa shape index (κ1) is 17.6. The fourth-order valence-corrected chi connectivity index (χ4v) is 3.87. The van der Waals surface area contributed by atoms with Gasteiger partial charge < -0.3 is 9.47 Å². The molecule has 0 unspecified atom stereocenters. The predicted octanol–water partition coefficient (Wildman–Crippen LogP) is 2.40. The lowest BCUT2D eigenvalue weighted by atomic mass is 10.1. The number of rotatable bonds is 3. The second-order valence-electron chi connectivity index (χ2n) is 7.54. The zero-order valence-electron chi connectivity index (χ0n) is 16.3. The van der Waals surface area contributed by atoms with E-state index in [-0.39, 0.29) is 11.2 Å². The summed E-state index contributed by atoms with van der Waals surface area (Å²) in [5.74, 6) is 1.08. The van der Waals surface area contributed by atoms with Crippen LogP contribution in [0.25, 0.3) is 11.2 Å². The number of fused-ring (bicyclic) bond motifs is 3. The fraction of sp³-hybridized carbons (Fsp3) is 0.450. The van der Waals surface area contributed by atoms with Gasteiger partial charge in [-0.25, -0.2) is 4.79 Å².